The molecule has 0 amide bonds. The Balaban J connectivity index is 2.09. The van der Waals surface area contributed by atoms with Gasteiger partial charge < -0.3 is 4.90 Å². The molecular weight excluding hydrogens is 352 g/mol. The van der Waals surface area contributed by atoms with Crippen LogP contribution in [0.3, 0.4) is 0 Å². The molecule has 0 aliphatic carbocycles. The lowest BCUT2D eigenvalue weighted by molar-refractivity contribution is -0.384. The lowest BCUT2D eigenvalue weighted by Crippen LogP contribution is -2.15. The van der Waals surface area contributed by atoms with Gasteiger partial charge in [0.25, 0.3) is 0 Å². The maximum absolute atomic E-state index is 11.7. The van der Waals surface area contributed by atoms with Crippen LogP contribution in [-0.4, -0.2) is 21.9 Å². The minimum absolute atomic E-state index is 0.0545. The molecule has 0 saturated carbocycles. The van der Waals surface area contributed by atoms with Gasteiger partial charge in [0, 0.05) is 12.7 Å². The Bertz CT molecular complexity index is 947. The third-order valence-electron chi connectivity index (χ3n) is 3.74. The Morgan fingerprint density at radius 3 is 2.23 bits per heavy atom. The van der Waals surface area contributed by atoms with Crippen molar-refractivity contribution < 1.29 is 4.92 Å². The highest BCUT2D eigenvalue weighted by Gasteiger charge is 2.26. The molecule has 1 aromatic heterocycles. The molecule has 0 radical (unpaired) electrons. The highest BCUT2D eigenvalue weighted by atomic mass is 35.5. The summed E-state index contributed by atoms with van der Waals surface area (Å²) in [5.41, 5.74) is 1.60. The summed E-state index contributed by atoms with van der Waals surface area (Å²) in [5, 5.41) is 11.7. The van der Waals surface area contributed by atoms with E-state index >= 15 is 0 Å². The van der Waals surface area contributed by atoms with Crippen molar-refractivity contribution in [3.63, 3.8) is 0 Å². The van der Waals surface area contributed by atoms with E-state index < -0.39 is 4.92 Å². The van der Waals surface area contributed by atoms with E-state index in [4.69, 9.17) is 11.6 Å². The monoisotopic (exact) mass is 366 g/mol. The molecule has 0 saturated heterocycles. The minimum Gasteiger partial charge on any atom is -0.324 e. The maximum Gasteiger partial charge on any atom is 0.337 e. The molecule has 0 N–H and O–H groups in total. The van der Waals surface area contributed by atoms with Crippen LogP contribution in [0.25, 0.3) is 12.2 Å². The number of aromatic nitrogens is 2. The average molecular weight is 367 g/mol. The van der Waals surface area contributed by atoms with Crippen LogP contribution < -0.4 is 4.90 Å². The van der Waals surface area contributed by atoms with Crippen LogP contribution in [0.2, 0.25) is 5.28 Å². The Morgan fingerprint density at radius 2 is 1.62 bits per heavy atom. The zero-order chi connectivity index (χ0) is 18.5. The molecule has 3 aromatic rings. The van der Waals surface area contributed by atoms with Crippen molar-refractivity contribution in [3.05, 3.63) is 87.3 Å². The molecule has 3 rings (SSSR count). The number of hydrogen-bond acceptors (Lipinski definition) is 5. The van der Waals surface area contributed by atoms with Crippen LogP contribution in [0.5, 0.6) is 0 Å². The Labute approximate surface area is 155 Å². The standard InChI is InChI=1S/C19H15ClN4O2/c1-23(15-10-6-3-7-11-15)18-17(24(25)26)16(21-19(20)22-18)13-12-14-8-4-2-5-9-14/h2-13H,1H3. The van der Waals surface area contributed by atoms with Gasteiger partial charge in [0.15, 0.2) is 0 Å². The summed E-state index contributed by atoms with van der Waals surface area (Å²) < 4.78 is 0. The summed E-state index contributed by atoms with van der Waals surface area (Å²) in [6, 6.07) is 18.7. The molecule has 2 aromatic carbocycles. The molecule has 130 valence electrons. The molecule has 0 bridgehead atoms. The molecule has 26 heavy (non-hydrogen) atoms. The number of benzene rings is 2. The SMILES string of the molecule is CN(c1ccccc1)c1nc(Cl)nc(C=Cc2ccccc2)c1[N+](=O)[O-]. The number of para-hydroxylation sites is 1. The fraction of sp³-hybridized carbons (Fsp3) is 0.0526. The van der Waals surface area contributed by atoms with Crippen LogP contribution in [0, 0.1) is 10.1 Å². The normalized spacial score (nSPS) is 10.8. The molecule has 0 aliphatic heterocycles. The minimum atomic E-state index is -0.490. The molecule has 0 atom stereocenters. The van der Waals surface area contributed by atoms with Crippen molar-refractivity contribution in [1.29, 1.82) is 0 Å². The van der Waals surface area contributed by atoms with Crippen LogP contribution >= 0.6 is 11.6 Å². The smallest absolute Gasteiger partial charge is 0.324 e. The van der Waals surface area contributed by atoms with Gasteiger partial charge in [-0.1, -0.05) is 54.6 Å². The summed E-state index contributed by atoms with van der Waals surface area (Å²) in [7, 11) is 1.70. The first-order chi connectivity index (χ1) is 12.6. The van der Waals surface area contributed by atoms with Gasteiger partial charge in [-0.25, -0.2) is 4.98 Å². The molecular formula is C19H15ClN4O2. The Kier molecular flexibility index (Phi) is 5.24. The van der Waals surface area contributed by atoms with Gasteiger partial charge in [0.2, 0.25) is 11.1 Å². The third kappa shape index (κ3) is 3.87. The first-order valence-electron chi connectivity index (χ1n) is 7.80. The molecule has 7 heteroatoms. The van der Waals surface area contributed by atoms with Crippen LogP contribution in [-0.2, 0) is 0 Å². The van der Waals surface area contributed by atoms with E-state index in [0.717, 1.165) is 11.3 Å². The van der Waals surface area contributed by atoms with E-state index in [1.807, 2.05) is 60.7 Å². The van der Waals surface area contributed by atoms with Gasteiger partial charge in [0.05, 0.1) is 4.92 Å². The first kappa shape index (κ1) is 17.6. The van der Waals surface area contributed by atoms with Crippen LogP contribution in [0.1, 0.15) is 11.3 Å². The van der Waals surface area contributed by atoms with Crippen molar-refractivity contribution in [3.8, 4) is 0 Å². The highest BCUT2D eigenvalue weighted by Crippen LogP contribution is 2.34. The summed E-state index contributed by atoms with van der Waals surface area (Å²) in [4.78, 5) is 21.0. The molecule has 0 unspecified atom stereocenters. The lowest BCUT2D eigenvalue weighted by atomic mass is 10.2. The van der Waals surface area contributed by atoms with Gasteiger partial charge in [-0.15, -0.1) is 0 Å². The fourth-order valence-corrected chi connectivity index (χ4v) is 2.64. The number of anilines is 2. The van der Waals surface area contributed by atoms with Crippen LogP contribution in [0.4, 0.5) is 17.2 Å². The van der Waals surface area contributed by atoms with Gasteiger partial charge in [-0.3, -0.25) is 10.1 Å². The number of halogens is 1. The quantitative estimate of drug-likeness (QED) is 0.362. The molecule has 0 aliphatic rings. The van der Waals surface area contributed by atoms with Crippen molar-refractivity contribution in [1.82, 2.24) is 9.97 Å². The predicted octanol–water partition coefficient (Wildman–Crippen LogP) is 4.98. The number of rotatable bonds is 5. The number of nitro groups is 1. The summed E-state index contributed by atoms with van der Waals surface area (Å²) in [5.74, 6) is 0.133. The third-order valence-corrected chi connectivity index (χ3v) is 3.91. The number of hydrogen-bond donors (Lipinski definition) is 0. The second kappa shape index (κ2) is 7.76. The van der Waals surface area contributed by atoms with Gasteiger partial charge >= 0.3 is 5.69 Å². The average Bonchev–Trinajstić information content (AvgIpc) is 2.66. The summed E-state index contributed by atoms with van der Waals surface area (Å²) >= 11 is 6.03. The van der Waals surface area contributed by atoms with E-state index in [9.17, 15) is 10.1 Å². The molecule has 0 fully saturated rings. The van der Waals surface area contributed by atoms with Gasteiger partial charge in [-0.05, 0) is 35.4 Å². The van der Waals surface area contributed by atoms with E-state index in [0.29, 0.717) is 0 Å². The second-order valence-electron chi connectivity index (χ2n) is 5.45. The van der Waals surface area contributed by atoms with Crippen molar-refractivity contribution in [2.45, 2.75) is 0 Å². The lowest BCUT2D eigenvalue weighted by Gasteiger charge is -2.18. The predicted molar refractivity (Wildman–Crippen MR) is 104 cm³/mol. The topological polar surface area (TPSA) is 72.2 Å². The summed E-state index contributed by atoms with van der Waals surface area (Å²) in [6.07, 6.45) is 3.32. The van der Waals surface area contributed by atoms with E-state index in [1.165, 1.54) is 0 Å². The largest absolute Gasteiger partial charge is 0.337 e. The maximum atomic E-state index is 11.7. The van der Waals surface area contributed by atoms with Crippen molar-refractivity contribution in [2.24, 2.45) is 0 Å². The van der Waals surface area contributed by atoms with E-state index in [-0.39, 0.29) is 22.5 Å². The van der Waals surface area contributed by atoms with E-state index in [1.54, 1.807) is 24.1 Å². The fourth-order valence-electron chi connectivity index (χ4n) is 2.47. The van der Waals surface area contributed by atoms with Gasteiger partial charge in [-0.2, -0.15) is 4.98 Å². The molecule has 1 heterocycles. The number of nitrogens with zero attached hydrogens (tertiary/aromatic N) is 4. The second-order valence-corrected chi connectivity index (χ2v) is 5.78. The van der Waals surface area contributed by atoms with E-state index in [2.05, 4.69) is 9.97 Å². The Morgan fingerprint density at radius 1 is 1.00 bits per heavy atom. The van der Waals surface area contributed by atoms with Gasteiger partial charge in [0.1, 0.15) is 5.69 Å². The van der Waals surface area contributed by atoms with Crippen molar-refractivity contribution in [2.75, 3.05) is 11.9 Å². The molecule has 0 spiro atoms. The van der Waals surface area contributed by atoms with Crippen molar-refractivity contribution >= 4 is 40.9 Å². The zero-order valence-corrected chi connectivity index (χ0v) is 14.7. The molecule has 6 nitrogen and oxygen atoms in total. The zero-order valence-electron chi connectivity index (χ0n) is 13.9. The highest BCUT2D eigenvalue weighted by molar-refractivity contribution is 6.28. The Hall–Kier alpha value is -3.25. The first-order valence-corrected chi connectivity index (χ1v) is 8.18. The van der Waals surface area contributed by atoms with Crippen LogP contribution in [0.15, 0.2) is 60.7 Å². The summed E-state index contributed by atoms with van der Waals surface area (Å²) in [6.45, 7) is 0.